The maximum absolute atomic E-state index is 12.4. The van der Waals surface area contributed by atoms with Gasteiger partial charge in [0, 0.05) is 13.2 Å². The third-order valence-corrected chi connectivity index (χ3v) is 1.56. The number of alkyl halides is 2. The molecule has 0 aliphatic heterocycles. The van der Waals surface area contributed by atoms with E-state index < -0.39 is 19.1 Å². The van der Waals surface area contributed by atoms with Crippen LogP contribution in [0.4, 0.5) is 8.78 Å². The van der Waals surface area contributed by atoms with Gasteiger partial charge in [-0.3, -0.25) is 0 Å². The number of aliphatic hydroxyl groups is 1. The first-order valence-corrected chi connectivity index (χ1v) is 4.39. The molecule has 0 amide bonds. The van der Waals surface area contributed by atoms with Crippen LogP contribution in [0.15, 0.2) is 0 Å². The Morgan fingerprint density at radius 1 is 1.23 bits per heavy atom. The molecule has 0 rings (SSSR count). The van der Waals surface area contributed by atoms with E-state index in [-0.39, 0.29) is 6.61 Å². The van der Waals surface area contributed by atoms with E-state index in [0.29, 0.717) is 19.4 Å². The topological polar surface area (TPSA) is 55.5 Å². The summed E-state index contributed by atoms with van der Waals surface area (Å²) in [4.78, 5) is 0. The highest BCUT2D eigenvalue weighted by molar-refractivity contribution is 4.64. The summed E-state index contributed by atoms with van der Waals surface area (Å²) in [5.41, 5.74) is 4.81. The van der Waals surface area contributed by atoms with Crippen LogP contribution in [0.25, 0.3) is 0 Å². The first-order valence-electron chi connectivity index (χ1n) is 4.39. The molecule has 0 atom stereocenters. The van der Waals surface area contributed by atoms with E-state index in [4.69, 9.17) is 15.6 Å². The summed E-state index contributed by atoms with van der Waals surface area (Å²) >= 11 is 0. The van der Waals surface area contributed by atoms with Gasteiger partial charge < -0.3 is 15.6 Å². The molecule has 0 aromatic heterocycles. The Morgan fingerprint density at radius 3 is 2.46 bits per heavy atom. The Morgan fingerprint density at radius 2 is 1.92 bits per heavy atom. The quantitative estimate of drug-likeness (QED) is 0.565. The molecule has 13 heavy (non-hydrogen) atoms. The summed E-state index contributed by atoms with van der Waals surface area (Å²) in [6.07, 6.45) is 2.18. The minimum Gasteiger partial charge on any atom is -0.396 e. The van der Waals surface area contributed by atoms with Gasteiger partial charge in [0.05, 0.1) is 6.54 Å². The van der Waals surface area contributed by atoms with Crippen LogP contribution in [0, 0.1) is 0 Å². The Bertz CT molecular complexity index is 123. The lowest BCUT2D eigenvalue weighted by atomic mass is 10.2. The van der Waals surface area contributed by atoms with Crippen molar-refractivity contribution in [1.82, 2.24) is 0 Å². The van der Waals surface area contributed by atoms with Crippen LogP contribution >= 0.6 is 0 Å². The van der Waals surface area contributed by atoms with Crippen molar-refractivity contribution in [3.8, 4) is 0 Å². The van der Waals surface area contributed by atoms with E-state index in [1.807, 2.05) is 0 Å². The van der Waals surface area contributed by atoms with Gasteiger partial charge in [0.25, 0.3) is 5.92 Å². The third-order valence-electron chi connectivity index (χ3n) is 1.56. The first-order chi connectivity index (χ1) is 6.12. The van der Waals surface area contributed by atoms with Gasteiger partial charge in [0.1, 0.15) is 6.61 Å². The van der Waals surface area contributed by atoms with E-state index in [2.05, 4.69) is 0 Å². The maximum Gasteiger partial charge on any atom is 0.282 e. The summed E-state index contributed by atoms with van der Waals surface area (Å²) in [5, 5.41) is 8.41. The van der Waals surface area contributed by atoms with Crippen molar-refractivity contribution >= 4 is 0 Å². The Hall–Kier alpha value is -0.260. The highest BCUT2D eigenvalue weighted by Gasteiger charge is 2.26. The van der Waals surface area contributed by atoms with Gasteiger partial charge >= 0.3 is 0 Å². The molecule has 0 aromatic carbocycles. The fraction of sp³-hybridized carbons (Fsp3) is 1.00. The van der Waals surface area contributed by atoms with Crippen molar-refractivity contribution in [2.45, 2.75) is 25.2 Å². The van der Waals surface area contributed by atoms with Crippen LogP contribution in [-0.2, 0) is 4.74 Å². The van der Waals surface area contributed by atoms with Crippen LogP contribution < -0.4 is 5.73 Å². The first kappa shape index (κ1) is 12.7. The Kier molecular flexibility index (Phi) is 7.03. The molecule has 0 aliphatic carbocycles. The van der Waals surface area contributed by atoms with Gasteiger partial charge in [-0.25, -0.2) is 8.78 Å². The van der Waals surface area contributed by atoms with Crippen molar-refractivity contribution in [1.29, 1.82) is 0 Å². The van der Waals surface area contributed by atoms with Crippen molar-refractivity contribution < 1.29 is 18.6 Å². The molecule has 0 spiro atoms. The standard InChI is InChI=1S/C8H17F2NO2/c9-8(10,6-11)7-13-5-3-1-2-4-12/h12H,1-7,11H2. The van der Waals surface area contributed by atoms with Crippen molar-refractivity contribution in [3.63, 3.8) is 0 Å². The number of hydrogen-bond acceptors (Lipinski definition) is 3. The molecule has 0 heterocycles. The number of halogens is 2. The number of hydrogen-bond donors (Lipinski definition) is 2. The zero-order valence-corrected chi connectivity index (χ0v) is 7.64. The molecule has 3 N–H and O–H groups in total. The molecule has 0 unspecified atom stereocenters. The molecule has 5 heteroatoms. The average molecular weight is 197 g/mol. The van der Waals surface area contributed by atoms with E-state index >= 15 is 0 Å². The molecule has 0 aromatic rings. The summed E-state index contributed by atoms with van der Waals surface area (Å²) in [6.45, 7) is -0.846. The summed E-state index contributed by atoms with van der Waals surface area (Å²) in [7, 11) is 0. The van der Waals surface area contributed by atoms with Gasteiger partial charge in [-0.1, -0.05) is 0 Å². The summed E-state index contributed by atoms with van der Waals surface area (Å²) in [5.74, 6) is -2.91. The molecular formula is C8H17F2NO2. The fourth-order valence-electron chi connectivity index (χ4n) is 0.773. The lowest BCUT2D eigenvalue weighted by Crippen LogP contribution is -2.33. The molecule has 0 fully saturated rings. The van der Waals surface area contributed by atoms with Crippen LogP contribution in [0.2, 0.25) is 0 Å². The highest BCUT2D eigenvalue weighted by Crippen LogP contribution is 2.11. The zero-order valence-electron chi connectivity index (χ0n) is 7.64. The normalized spacial score (nSPS) is 12.0. The van der Waals surface area contributed by atoms with E-state index in [9.17, 15) is 8.78 Å². The van der Waals surface area contributed by atoms with E-state index in [0.717, 1.165) is 6.42 Å². The van der Waals surface area contributed by atoms with Gasteiger partial charge in [-0.05, 0) is 19.3 Å². The second-order valence-corrected chi connectivity index (χ2v) is 2.90. The second-order valence-electron chi connectivity index (χ2n) is 2.90. The molecule has 0 saturated carbocycles. The lowest BCUT2D eigenvalue weighted by Gasteiger charge is -2.13. The molecule has 0 aliphatic rings. The zero-order chi connectivity index (χ0) is 10.2. The largest absolute Gasteiger partial charge is 0.396 e. The van der Waals surface area contributed by atoms with Crippen LogP contribution in [0.3, 0.4) is 0 Å². The van der Waals surface area contributed by atoms with Crippen LogP contribution in [0.5, 0.6) is 0 Å². The van der Waals surface area contributed by atoms with Crippen LogP contribution in [0.1, 0.15) is 19.3 Å². The minimum atomic E-state index is -2.91. The summed E-state index contributed by atoms with van der Waals surface area (Å²) < 4.78 is 29.6. The fourth-order valence-corrected chi connectivity index (χ4v) is 0.773. The van der Waals surface area contributed by atoms with Gasteiger partial charge in [0.15, 0.2) is 0 Å². The Balaban J connectivity index is 3.16. The van der Waals surface area contributed by atoms with Gasteiger partial charge in [-0.15, -0.1) is 0 Å². The van der Waals surface area contributed by atoms with E-state index in [1.54, 1.807) is 0 Å². The average Bonchev–Trinajstić information content (AvgIpc) is 2.11. The van der Waals surface area contributed by atoms with Crippen molar-refractivity contribution in [2.24, 2.45) is 5.73 Å². The maximum atomic E-state index is 12.4. The SMILES string of the molecule is NCC(F)(F)COCCCCCO. The van der Waals surface area contributed by atoms with Gasteiger partial charge in [-0.2, -0.15) is 0 Å². The Labute approximate surface area is 76.9 Å². The van der Waals surface area contributed by atoms with Crippen molar-refractivity contribution in [3.05, 3.63) is 0 Å². The predicted octanol–water partition coefficient (Wildman–Crippen LogP) is 0.760. The molecule has 80 valence electrons. The lowest BCUT2D eigenvalue weighted by molar-refractivity contribution is -0.0698. The highest BCUT2D eigenvalue weighted by atomic mass is 19.3. The predicted molar refractivity (Wildman–Crippen MR) is 45.8 cm³/mol. The molecule has 0 radical (unpaired) electrons. The number of rotatable bonds is 8. The number of unbranched alkanes of at least 4 members (excludes halogenated alkanes) is 2. The number of nitrogens with two attached hydrogens (primary N) is 1. The van der Waals surface area contributed by atoms with E-state index in [1.165, 1.54) is 0 Å². The number of ether oxygens (including phenoxy) is 1. The molecule has 3 nitrogen and oxygen atoms in total. The molecule has 0 bridgehead atoms. The summed E-state index contributed by atoms with van der Waals surface area (Å²) in [6, 6.07) is 0. The van der Waals surface area contributed by atoms with Crippen LogP contribution in [-0.4, -0.2) is 37.4 Å². The number of aliphatic hydroxyl groups excluding tert-OH is 1. The third kappa shape index (κ3) is 8.08. The minimum absolute atomic E-state index is 0.138. The second kappa shape index (κ2) is 7.17. The van der Waals surface area contributed by atoms with Gasteiger partial charge in [0.2, 0.25) is 0 Å². The smallest absolute Gasteiger partial charge is 0.282 e. The molecular weight excluding hydrogens is 180 g/mol. The molecule has 0 saturated heterocycles. The van der Waals surface area contributed by atoms with Crippen molar-refractivity contribution in [2.75, 3.05) is 26.4 Å². The monoisotopic (exact) mass is 197 g/mol.